The monoisotopic (exact) mass is 486 g/mol. The predicted molar refractivity (Wildman–Crippen MR) is 127 cm³/mol. The van der Waals surface area contributed by atoms with Gasteiger partial charge in [0, 0.05) is 27.9 Å². The molecule has 6 rings (SSSR count). The number of halogens is 2. The summed E-state index contributed by atoms with van der Waals surface area (Å²) in [6, 6.07) is 29.6. The van der Waals surface area contributed by atoms with Crippen molar-refractivity contribution >= 4 is 33.0 Å². The minimum absolute atomic E-state index is 0.108. The van der Waals surface area contributed by atoms with Crippen molar-refractivity contribution in [2.75, 3.05) is 0 Å². The maximum atomic E-state index is 11.4. The van der Waals surface area contributed by atoms with Gasteiger partial charge in [0.1, 0.15) is 5.75 Å². The first kappa shape index (κ1) is 18.9. The minimum Gasteiger partial charge on any atom is -0.414 e. The summed E-state index contributed by atoms with van der Waals surface area (Å²) in [6.07, 6.45) is 0. The number of benzene rings is 4. The average Bonchev–Trinajstić information content (AvgIpc) is 3.25. The van der Waals surface area contributed by atoms with Gasteiger partial charge in [0.25, 0.3) is 0 Å². The SMILES string of the molecule is O=C(Cl)Oc1ccc2c(c1)C(C1c3ccccc3-c3ccc(Br)cc31)c1ccccc1-2. The first-order chi connectivity index (χ1) is 15.1. The first-order valence-corrected chi connectivity index (χ1v) is 11.3. The van der Waals surface area contributed by atoms with Crippen LogP contribution in [0, 0.1) is 0 Å². The third-order valence-electron chi connectivity index (χ3n) is 6.41. The lowest BCUT2D eigenvalue weighted by Gasteiger charge is -2.24. The third-order valence-corrected chi connectivity index (χ3v) is 6.98. The van der Waals surface area contributed by atoms with Crippen LogP contribution in [0.1, 0.15) is 34.1 Å². The van der Waals surface area contributed by atoms with Crippen molar-refractivity contribution < 1.29 is 9.53 Å². The van der Waals surface area contributed by atoms with Crippen LogP contribution in [0.25, 0.3) is 22.3 Å². The Labute approximate surface area is 193 Å². The third kappa shape index (κ3) is 2.88. The van der Waals surface area contributed by atoms with Gasteiger partial charge in [0.2, 0.25) is 0 Å². The van der Waals surface area contributed by atoms with Gasteiger partial charge in [-0.2, -0.15) is 0 Å². The standard InChI is InChI=1S/C27H16BrClO2/c28-15-9-11-19-17-5-1-3-7-21(17)25(23(19)13-15)26-22-8-4-2-6-18(22)20-12-10-16(14-24(20)26)31-27(29)30/h1-14,25-26H. The van der Waals surface area contributed by atoms with E-state index in [2.05, 4.69) is 82.7 Å². The highest BCUT2D eigenvalue weighted by atomic mass is 79.9. The molecule has 2 aliphatic rings. The van der Waals surface area contributed by atoms with Gasteiger partial charge in [-0.3, -0.25) is 0 Å². The fraction of sp³-hybridized carbons (Fsp3) is 0.0741. The summed E-state index contributed by atoms with van der Waals surface area (Å²) in [7, 11) is 0. The zero-order valence-corrected chi connectivity index (χ0v) is 18.7. The molecule has 2 aliphatic carbocycles. The summed E-state index contributed by atoms with van der Waals surface area (Å²) < 4.78 is 6.30. The number of rotatable bonds is 2. The van der Waals surface area contributed by atoms with Crippen LogP contribution in [-0.2, 0) is 0 Å². The summed E-state index contributed by atoms with van der Waals surface area (Å²) in [6.45, 7) is 0. The molecule has 0 saturated heterocycles. The van der Waals surface area contributed by atoms with E-state index in [0.717, 1.165) is 10.0 Å². The quantitative estimate of drug-likeness (QED) is 0.267. The lowest BCUT2D eigenvalue weighted by molar-refractivity contribution is 0.225. The molecule has 2 unspecified atom stereocenters. The van der Waals surface area contributed by atoms with E-state index >= 15 is 0 Å². The second-order valence-electron chi connectivity index (χ2n) is 7.95. The molecule has 0 spiro atoms. The van der Waals surface area contributed by atoms with Gasteiger partial charge in [-0.15, -0.1) is 0 Å². The van der Waals surface area contributed by atoms with Gasteiger partial charge in [-0.05, 0) is 68.8 Å². The number of hydrogen-bond acceptors (Lipinski definition) is 2. The van der Waals surface area contributed by atoms with E-state index < -0.39 is 5.43 Å². The zero-order valence-electron chi connectivity index (χ0n) is 16.3. The Hall–Kier alpha value is -2.88. The van der Waals surface area contributed by atoms with Crippen molar-refractivity contribution in [2.24, 2.45) is 0 Å². The number of carbonyl (C=O) groups is 1. The van der Waals surface area contributed by atoms with Crippen LogP contribution in [0.2, 0.25) is 0 Å². The Morgan fingerprint density at radius 1 is 0.677 bits per heavy atom. The largest absolute Gasteiger partial charge is 0.414 e. The molecule has 0 saturated carbocycles. The van der Waals surface area contributed by atoms with Crippen LogP contribution in [-0.4, -0.2) is 5.43 Å². The smallest absolute Gasteiger partial charge is 0.409 e. The Morgan fingerprint density at radius 2 is 1.19 bits per heavy atom. The van der Waals surface area contributed by atoms with Crippen molar-refractivity contribution in [2.45, 2.75) is 11.8 Å². The normalized spacial score (nSPS) is 17.5. The zero-order chi connectivity index (χ0) is 21.1. The number of carbonyl (C=O) groups excluding carboxylic acids is 1. The molecule has 0 heterocycles. The van der Waals surface area contributed by atoms with Crippen molar-refractivity contribution in [1.29, 1.82) is 0 Å². The molecule has 0 fully saturated rings. The Balaban J connectivity index is 1.62. The molecule has 0 N–H and O–H groups in total. The maximum absolute atomic E-state index is 11.4. The van der Waals surface area contributed by atoms with Crippen molar-refractivity contribution in [1.82, 2.24) is 0 Å². The van der Waals surface area contributed by atoms with E-state index in [-0.39, 0.29) is 11.8 Å². The average molecular weight is 488 g/mol. The van der Waals surface area contributed by atoms with Crippen LogP contribution >= 0.6 is 27.5 Å². The van der Waals surface area contributed by atoms with Gasteiger partial charge in [-0.1, -0.05) is 76.6 Å². The van der Waals surface area contributed by atoms with Gasteiger partial charge in [0.15, 0.2) is 0 Å². The lowest BCUT2D eigenvalue weighted by atomic mass is 9.78. The highest BCUT2D eigenvalue weighted by Gasteiger charge is 2.41. The molecule has 0 aliphatic heterocycles. The molecule has 4 heteroatoms. The van der Waals surface area contributed by atoms with E-state index in [1.165, 1.54) is 38.9 Å². The molecular weight excluding hydrogens is 472 g/mol. The molecule has 4 aromatic carbocycles. The van der Waals surface area contributed by atoms with E-state index in [4.69, 9.17) is 16.3 Å². The lowest BCUT2D eigenvalue weighted by Crippen LogP contribution is -2.10. The van der Waals surface area contributed by atoms with Crippen LogP contribution in [0.5, 0.6) is 5.75 Å². The summed E-state index contributed by atoms with van der Waals surface area (Å²) in [5.74, 6) is 0.738. The van der Waals surface area contributed by atoms with E-state index in [1.807, 2.05) is 18.2 Å². The molecule has 4 aromatic rings. The molecule has 0 aromatic heterocycles. The van der Waals surface area contributed by atoms with Crippen LogP contribution in [0.15, 0.2) is 89.4 Å². The Kier molecular flexibility index (Phi) is 4.31. The van der Waals surface area contributed by atoms with E-state index in [9.17, 15) is 4.79 Å². The Bertz CT molecular complexity index is 1380. The molecule has 0 radical (unpaired) electrons. The number of fused-ring (bicyclic) bond motifs is 6. The topological polar surface area (TPSA) is 26.3 Å². The van der Waals surface area contributed by atoms with Crippen LogP contribution in [0.4, 0.5) is 4.79 Å². The molecule has 0 amide bonds. The van der Waals surface area contributed by atoms with Gasteiger partial charge in [-0.25, -0.2) is 4.79 Å². The molecule has 2 atom stereocenters. The molecule has 150 valence electrons. The molecule has 31 heavy (non-hydrogen) atoms. The highest BCUT2D eigenvalue weighted by Crippen LogP contribution is 2.58. The van der Waals surface area contributed by atoms with Gasteiger partial charge < -0.3 is 4.74 Å². The number of hydrogen-bond donors (Lipinski definition) is 0. The minimum atomic E-state index is -0.826. The highest BCUT2D eigenvalue weighted by molar-refractivity contribution is 9.10. The summed E-state index contributed by atoms with van der Waals surface area (Å²) in [5.41, 5.74) is 9.22. The maximum Gasteiger partial charge on any atom is 0.409 e. The fourth-order valence-electron chi connectivity index (χ4n) is 5.32. The van der Waals surface area contributed by atoms with Gasteiger partial charge in [0.05, 0.1) is 0 Å². The first-order valence-electron chi connectivity index (χ1n) is 10.1. The summed E-state index contributed by atoms with van der Waals surface area (Å²) in [4.78, 5) is 11.4. The number of ether oxygens (including phenoxy) is 1. The predicted octanol–water partition coefficient (Wildman–Crippen LogP) is 8.11. The second-order valence-corrected chi connectivity index (χ2v) is 9.17. The summed E-state index contributed by atoms with van der Waals surface area (Å²) >= 11 is 9.18. The van der Waals surface area contributed by atoms with Crippen molar-refractivity contribution in [3.05, 3.63) is 112 Å². The summed E-state index contributed by atoms with van der Waals surface area (Å²) in [5, 5.41) is 0. The fourth-order valence-corrected chi connectivity index (χ4v) is 5.78. The van der Waals surface area contributed by atoms with Crippen LogP contribution in [0.3, 0.4) is 0 Å². The molecular formula is C27H16BrClO2. The molecule has 2 nitrogen and oxygen atoms in total. The second kappa shape index (κ2) is 7.08. The Morgan fingerprint density at radius 3 is 1.81 bits per heavy atom. The molecule has 0 bridgehead atoms. The van der Waals surface area contributed by atoms with Crippen molar-refractivity contribution in [3.8, 4) is 28.0 Å². The van der Waals surface area contributed by atoms with Crippen molar-refractivity contribution in [3.63, 3.8) is 0 Å². The van der Waals surface area contributed by atoms with Crippen LogP contribution < -0.4 is 4.74 Å². The van der Waals surface area contributed by atoms with E-state index in [1.54, 1.807) is 0 Å². The van der Waals surface area contributed by atoms with E-state index in [0.29, 0.717) is 5.75 Å². The van der Waals surface area contributed by atoms with Gasteiger partial charge >= 0.3 is 5.43 Å².